The number of carbonyl (C=O) groups excluding carboxylic acids is 1. The number of nitrogens with one attached hydrogen (secondary N) is 2. The van der Waals surface area contributed by atoms with Crippen molar-refractivity contribution in [3.05, 3.63) is 29.3 Å². The van der Waals surface area contributed by atoms with Crippen LogP contribution in [0.4, 0.5) is 5.69 Å². The molecule has 1 amide bonds. The first-order valence-corrected chi connectivity index (χ1v) is 8.88. The minimum Gasteiger partial charge on any atom is -0.379 e. The zero-order valence-corrected chi connectivity index (χ0v) is 14.2. The molecule has 0 spiro atoms. The maximum Gasteiger partial charge on any atom is 0.240 e. The Bertz CT molecular complexity index is 702. The molecule has 0 saturated carbocycles. The lowest BCUT2D eigenvalue weighted by Gasteiger charge is -2.40. The Morgan fingerprint density at radius 3 is 2.54 bits per heavy atom. The Morgan fingerprint density at radius 1 is 1.04 bits per heavy atom. The molecule has 9 nitrogen and oxygen atoms in total. The molecule has 3 aliphatic rings. The summed E-state index contributed by atoms with van der Waals surface area (Å²) in [6, 6.07) is 4.66. The normalized spacial score (nSPS) is 35.6. The highest BCUT2D eigenvalue weighted by Gasteiger charge is 2.45. The highest BCUT2D eigenvalue weighted by molar-refractivity contribution is 5.95. The van der Waals surface area contributed by atoms with Gasteiger partial charge in [-0.3, -0.25) is 10.1 Å². The number of fused-ring (bicyclic) bond motifs is 1. The van der Waals surface area contributed by atoms with Gasteiger partial charge in [0.1, 0.15) is 24.9 Å². The molecule has 1 aromatic carbocycles. The Labute approximate surface area is 150 Å². The minimum absolute atomic E-state index is 0.0398. The second-order valence-electron chi connectivity index (χ2n) is 7.00. The van der Waals surface area contributed by atoms with Crippen LogP contribution >= 0.6 is 0 Å². The van der Waals surface area contributed by atoms with Gasteiger partial charge >= 0.3 is 0 Å². The summed E-state index contributed by atoms with van der Waals surface area (Å²) >= 11 is 0. The SMILES string of the molecule is O=C1CNCCN1c1ccc2c(c1)C(O)N(C1CCC(O)NC1O)C2O. The van der Waals surface area contributed by atoms with Crippen LogP contribution in [0.1, 0.15) is 36.4 Å². The largest absolute Gasteiger partial charge is 0.379 e. The van der Waals surface area contributed by atoms with Gasteiger partial charge in [0.15, 0.2) is 0 Å². The molecule has 0 aliphatic carbocycles. The van der Waals surface area contributed by atoms with E-state index < -0.39 is 31.0 Å². The van der Waals surface area contributed by atoms with E-state index in [1.165, 1.54) is 4.90 Å². The molecule has 2 saturated heterocycles. The average molecular weight is 364 g/mol. The van der Waals surface area contributed by atoms with Crippen LogP contribution in [-0.2, 0) is 4.79 Å². The third-order valence-electron chi connectivity index (χ3n) is 5.44. The van der Waals surface area contributed by atoms with E-state index in [-0.39, 0.29) is 12.5 Å². The molecule has 142 valence electrons. The number of aliphatic hydroxyl groups is 4. The van der Waals surface area contributed by atoms with Crippen molar-refractivity contribution >= 4 is 11.6 Å². The van der Waals surface area contributed by atoms with Crippen LogP contribution in [0.3, 0.4) is 0 Å². The van der Waals surface area contributed by atoms with E-state index in [9.17, 15) is 25.2 Å². The molecule has 6 N–H and O–H groups in total. The summed E-state index contributed by atoms with van der Waals surface area (Å²) in [6.07, 6.45) is -3.19. The fourth-order valence-corrected chi connectivity index (χ4v) is 4.08. The Morgan fingerprint density at radius 2 is 1.81 bits per heavy atom. The maximum absolute atomic E-state index is 12.1. The predicted octanol–water partition coefficient (Wildman–Crippen LogP) is -1.69. The summed E-state index contributed by atoms with van der Waals surface area (Å²) in [5, 5.41) is 46.9. The van der Waals surface area contributed by atoms with Gasteiger partial charge in [0.2, 0.25) is 5.91 Å². The zero-order valence-electron chi connectivity index (χ0n) is 14.2. The number of hydrogen-bond donors (Lipinski definition) is 6. The molecule has 4 rings (SSSR count). The molecule has 26 heavy (non-hydrogen) atoms. The molecule has 0 radical (unpaired) electrons. The second-order valence-corrected chi connectivity index (χ2v) is 7.00. The molecule has 5 atom stereocenters. The van der Waals surface area contributed by atoms with Crippen molar-refractivity contribution in [1.82, 2.24) is 15.5 Å². The van der Waals surface area contributed by atoms with E-state index in [0.717, 1.165) is 0 Å². The van der Waals surface area contributed by atoms with E-state index in [4.69, 9.17) is 0 Å². The number of piperidine rings is 1. The van der Waals surface area contributed by atoms with Crippen LogP contribution in [0, 0.1) is 0 Å². The fourth-order valence-electron chi connectivity index (χ4n) is 4.08. The zero-order chi connectivity index (χ0) is 18.4. The second kappa shape index (κ2) is 6.86. The molecule has 3 aliphatic heterocycles. The third kappa shape index (κ3) is 2.91. The highest BCUT2D eigenvalue weighted by atomic mass is 16.3. The number of amides is 1. The monoisotopic (exact) mass is 364 g/mol. The summed E-state index contributed by atoms with van der Waals surface area (Å²) in [4.78, 5) is 15.2. The van der Waals surface area contributed by atoms with Gasteiger partial charge in [-0.1, -0.05) is 6.07 Å². The molecule has 9 heteroatoms. The number of anilines is 1. The van der Waals surface area contributed by atoms with Gasteiger partial charge < -0.3 is 30.6 Å². The van der Waals surface area contributed by atoms with Gasteiger partial charge in [-0.05, 0) is 25.0 Å². The van der Waals surface area contributed by atoms with E-state index in [0.29, 0.717) is 42.7 Å². The van der Waals surface area contributed by atoms with Crippen molar-refractivity contribution in [3.63, 3.8) is 0 Å². The molecule has 2 fully saturated rings. The van der Waals surface area contributed by atoms with Crippen molar-refractivity contribution in [3.8, 4) is 0 Å². The van der Waals surface area contributed by atoms with Gasteiger partial charge in [-0.2, -0.15) is 0 Å². The third-order valence-corrected chi connectivity index (χ3v) is 5.44. The van der Waals surface area contributed by atoms with Crippen LogP contribution < -0.4 is 15.5 Å². The molecule has 1 aromatic rings. The average Bonchev–Trinajstić information content (AvgIpc) is 2.86. The Kier molecular flexibility index (Phi) is 4.70. The molecular weight excluding hydrogens is 340 g/mol. The van der Waals surface area contributed by atoms with E-state index in [1.54, 1.807) is 23.1 Å². The molecule has 0 aromatic heterocycles. The number of carbonyl (C=O) groups is 1. The van der Waals surface area contributed by atoms with Gasteiger partial charge in [0.05, 0.1) is 12.6 Å². The Balaban J connectivity index is 1.61. The lowest BCUT2D eigenvalue weighted by atomic mass is 10.0. The summed E-state index contributed by atoms with van der Waals surface area (Å²) in [5.74, 6) is -0.0398. The van der Waals surface area contributed by atoms with Crippen LogP contribution in [-0.4, -0.2) is 69.4 Å². The molecular formula is C17H24N4O5. The number of piperazine rings is 1. The lowest BCUT2D eigenvalue weighted by Crippen LogP contribution is -2.57. The van der Waals surface area contributed by atoms with E-state index in [2.05, 4.69) is 10.6 Å². The number of benzene rings is 1. The van der Waals surface area contributed by atoms with Crippen molar-refractivity contribution in [2.75, 3.05) is 24.5 Å². The van der Waals surface area contributed by atoms with Crippen molar-refractivity contribution < 1.29 is 25.2 Å². The molecule has 3 heterocycles. The first-order chi connectivity index (χ1) is 12.5. The van der Waals surface area contributed by atoms with Crippen LogP contribution in [0.25, 0.3) is 0 Å². The number of rotatable bonds is 2. The summed E-state index contributed by atoms with van der Waals surface area (Å²) < 4.78 is 0. The van der Waals surface area contributed by atoms with Crippen molar-refractivity contribution in [2.24, 2.45) is 0 Å². The topological polar surface area (TPSA) is 129 Å². The van der Waals surface area contributed by atoms with Crippen LogP contribution in [0.15, 0.2) is 18.2 Å². The van der Waals surface area contributed by atoms with Crippen molar-refractivity contribution in [1.29, 1.82) is 0 Å². The van der Waals surface area contributed by atoms with Crippen molar-refractivity contribution in [2.45, 2.75) is 43.8 Å². The number of aliphatic hydroxyl groups excluding tert-OH is 4. The van der Waals surface area contributed by atoms with Gasteiger partial charge in [0.25, 0.3) is 0 Å². The summed E-state index contributed by atoms with van der Waals surface area (Å²) in [6.45, 7) is 1.52. The van der Waals surface area contributed by atoms with Gasteiger partial charge in [-0.25, -0.2) is 4.90 Å². The smallest absolute Gasteiger partial charge is 0.240 e. The fraction of sp³-hybridized carbons (Fsp3) is 0.588. The van der Waals surface area contributed by atoms with E-state index in [1.807, 2.05) is 0 Å². The Hall–Kier alpha value is -1.59. The minimum atomic E-state index is -1.10. The highest BCUT2D eigenvalue weighted by Crippen LogP contribution is 2.43. The maximum atomic E-state index is 12.1. The quantitative estimate of drug-likeness (QED) is 0.367. The predicted molar refractivity (Wildman–Crippen MR) is 91.6 cm³/mol. The summed E-state index contributed by atoms with van der Waals surface area (Å²) in [5.41, 5.74) is 1.77. The first kappa shape index (κ1) is 17.8. The molecule has 5 unspecified atom stereocenters. The standard InChI is InChI=1S/C17H24N4O5/c22-13-4-3-12(15(24)19-13)21-16(25)10-2-1-9(7-11(10)17(21)26)20-6-5-18-8-14(20)23/h1-2,7,12-13,15-19,22,24-26H,3-6,8H2. The van der Waals surface area contributed by atoms with Crippen LogP contribution in [0.2, 0.25) is 0 Å². The molecule has 0 bridgehead atoms. The van der Waals surface area contributed by atoms with E-state index >= 15 is 0 Å². The van der Waals surface area contributed by atoms with Crippen LogP contribution in [0.5, 0.6) is 0 Å². The van der Waals surface area contributed by atoms with Gasteiger partial charge in [0, 0.05) is 29.9 Å². The lowest BCUT2D eigenvalue weighted by molar-refractivity contribution is -0.159. The number of nitrogens with zero attached hydrogens (tertiary/aromatic N) is 2. The number of hydrogen-bond acceptors (Lipinski definition) is 8. The first-order valence-electron chi connectivity index (χ1n) is 8.88. The van der Waals surface area contributed by atoms with Gasteiger partial charge in [-0.15, -0.1) is 0 Å². The summed E-state index contributed by atoms with van der Waals surface area (Å²) in [7, 11) is 0.